The maximum atomic E-state index is 12.4. The second-order valence-electron chi connectivity index (χ2n) is 5.71. The highest BCUT2D eigenvalue weighted by Crippen LogP contribution is 2.23. The Morgan fingerprint density at radius 3 is 2.50 bits per heavy atom. The fourth-order valence-corrected chi connectivity index (χ4v) is 2.86. The molecule has 20 heavy (non-hydrogen) atoms. The zero-order chi connectivity index (χ0) is 14.7. The number of likely N-dealkylation sites (tertiary alicyclic amines) is 1. The molecule has 0 aromatic heterocycles. The lowest BCUT2D eigenvalue weighted by Gasteiger charge is -2.17. The van der Waals surface area contributed by atoms with E-state index in [1.807, 2.05) is 30.9 Å². The SMILES string of the molecule is Cc1cc(C)cc(C(=O)N2CCC(CCC(=O)O)C2)c1. The first-order valence-corrected chi connectivity index (χ1v) is 7.05. The molecular formula is C16H21NO3. The summed E-state index contributed by atoms with van der Waals surface area (Å²) in [6.07, 6.45) is 1.76. The van der Waals surface area contributed by atoms with E-state index in [0.717, 1.165) is 29.7 Å². The Labute approximate surface area is 119 Å². The highest BCUT2D eigenvalue weighted by molar-refractivity contribution is 5.94. The Kier molecular flexibility index (Phi) is 4.42. The van der Waals surface area contributed by atoms with Gasteiger partial charge in [0.15, 0.2) is 0 Å². The summed E-state index contributed by atoms with van der Waals surface area (Å²) in [5.74, 6) is -0.375. The van der Waals surface area contributed by atoms with Crippen molar-refractivity contribution in [1.82, 2.24) is 4.90 Å². The number of aryl methyl sites for hydroxylation is 2. The van der Waals surface area contributed by atoms with Gasteiger partial charge in [0.25, 0.3) is 5.91 Å². The van der Waals surface area contributed by atoms with E-state index >= 15 is 0 Å². The Bertz CT molecular complexity index is 504. The Morgan fingerprint density at radius 1 is 1.25 bits per heavy atom. The molecular weight excluding hydrogens is 254 g/mol. The van der Waals surface area contributed by atoms with Crippen LogP contribution in [0.3, 0.4) is 0 Å². The average Bonchev–Trinajstić information content (AvgIpc) is 2.83. The largest absolute Gasteiger partial charge is 0.481 e. The minimum absolute atomic E-state index is 0.0645. The lowest BCUT2D eigenvalue weighted by molar-refractivity contribution is -0.137. The van der Waals surface area contributed by atoms with Crippen molar-refractivity contribution in [3.8, 4) is 0 Å². The number of aliphatic carboxylic acids is 1. The summed E-state index contributed by atoms with van der Waals surface area (Å²) in [6.45, 7) is 5.39. The van der Waals surface area contributed by atoms with E-state index in [2.05, 4.69) is 6.07 Å². The maximum absolute atomic E-state index is 12.4. The second-order valence-corrected chi connectivity index (χ2v) is 5.71. The third-order valence-electron chi connectivity index (χ3n) is 3.81. The molecule has 4 nitrogen and oxygen atoms in total. The first-order chi connectivity index (χ1) is 9.45. The zero-order valence-corrected chi connectivity index (χ0v) is 12.1. The van der Waals surface area contributed by atoms with Gasteiger partial charge in [0.05, 0.1) is 0 Å². The minimum Gasteiger partial charge on any atom is -0.481 e. The van der Waals surface area contributed by atoms with Crippen molar-refractivity contribution in [1.29, 1.82) is 0 Å². The molecule has 1 aliphatic rings. The Hall–Kier alpha value is -1.84. The maximum Gasteiger partial charge on any atom is 0.303 e. The molecule has 1 unspecified atom stereocenters. The smallest absolute Gasteiger partial charge is 0.303 e. The molecule has 1 atom stereocenters. The molecule has 0 saturated carbocycles. The highest BCUT2D eigenvalue weighted by atomic mass is 16.4. The quantitative estimate of drug-likeness (QED) is 0.919. The molecule has 0 aliphatic carbocycles. The normalized spacial score (nSPS) is 18.3. The molecule has 4 heteroatoms. The standard InChI is InChI=1S/C16H21NO3/c1-11-7-12(2)9-14(8-11)16(20)17-6-5-13(10-17)3-4-15(18)19/h7-9,13H,3-6,10H2,1-2H3,(H,18,19). The zero-order valence-electron chi connectivity index (χ0n) is 12.1. The van der Waals surface area contributed by atoms with Crippen LogP contribution in [-0.4, -0.2) is 35.0 Å². The molecule has 108 valence electrons. The third kappa shape index (κ3) is 3.59. The number of carboxylic acid groups (broad SMARTS) is 1. The number of hydrogen-bond acceptors (Lipinski definition) is 2. The van der Waals surface area contributed by atoms with Gasteiger partial charge in [0.1, 0.15) is 0 Å². The van der Waals surface area contributed by atoms with E-state index < -0.39 is 5.97 Å². The van der Waals surface area contributed by atoms with Crippen molar-refractivity contribution in [2.24, 2.45) is 5.92 Å². The first kappa shape index (κ1) is 14.6. The van der Waals surface area contributed by atoms with Crippen LogP contribution >= 0.6 is 0 Å². The number of hydrogen-bond donors (Lipinski definition) is 1. The molecule has 1 aromatic rings. The summed E-state index contributed by atoms with van der Waals surface area (Å²) in [5, 5.41) is 8.71. The van der Waals surface area contributed by atoms with Crippen LogP contribution in [0.4, 0.5) is 0 Å². The topological polar surface area (TPSA) is 57.6 Å². The molecule has 0 spiro atoms. The van der Waals surface area contributed by atoms with Crippen molar-refractivity contribution in [2.75, 3.05) is 13.1 Å². The lowest BCUT2D eigenvalue weighted by Crippen LogP contribution is -2.28. The van der Waals surface area contributed by atoms with E-state index in [-0.39, 0.29) is 12.3 Å². The summed E-state index contributed by atoms with van der Waals surface area (Å²) >= 11 is 0. The van der Waals surface area contributed by atoms with Crippen LogP contribution < -0.4 is 0 Å². The minimum atomic E-state index is -0.760. The van der Waals surface area contributed by atoms with Crippen molar-refractivity contribution >= 4 is 11.9 Å². The molecule has 1 saturated heterocycles. The number of carbonyl (C=O) groups is 2. The number of benzene rings is 1. The van der Waals surface area contributed by atoms with Gasteiger partial charge in [0, 0.05) is 25.1 Å². The summed E-state index contributed by atoms with van der Waals surface area (Å²) in [5.41, 5.74) is 2.92. The summed E-state index contributed by atoms with van der Waals surface area (Å²) in [4.78, 5) is 24.9. The Morgan fingerprint density at radius 2 is 1.90 bits per heavy atom. The number of nitrogens with zero attached hydrogens (tertiary/aromatic N) is 1. The van der Waals surface area contributed by atoms with Crippen molar-refractivity contribution in [3.05, 3.63) is 34.9 Å². The molecule has 1 N–H and O–H groups in total. The van der Waals surface area contributed by atoms with Crippen LogP contribution in [0.5, 0.6) is 0 Å². The van der Waals surface area contributed by atoms with E-state index in [4.69, 9.17) is 5.11 Å². The number of amides is 1. The molecule has 2 rings (SSSR count). The van der Waals surface area contributed by atoms with Crippen LogP contribution in [0.15, 0.2) is 18.2 Å². The summed E-state index contributed by atoms with van der Waals surface area (Å²) in [7, 11) is 0. The van der Waals surface area contributed by atoms with Gasteiger partial charge in [-0.05, 0) is 44.7 Å². The number of carboxylic acids is 1. The van der Waals surface area contributed by atoms with Gasteiger partial charge < -0.3 is 10.0 Å². The summed E-state index contributed by atoms with van der Waals surface area (Å²) < 4.78 is 0. The monoisotopic (exact) mass is 275 g/mol. The molecule has 1 amide bonds. The lowest BCUT2D eigenvalue weighted by atomic mass is 10.0. The van der Waals surface area contributed by atoms with Gasteiger partial charge in [-0.1, -0.05) is 17.2 Å². The van der Waals surface area contributed by atoms with E-state index in [9.17, 15) is 9.59 Å². The van der Waals surface area contributed by atoms with Crippen LogP contribution in [0.2, 0.25) is 0 Å². The van der Waals surface area contributed by atoms with E-state index in [1.54, 1.807) is 0 Å². The third-order valence-corrected chi connectivity index (χ3v) is 3.81. The van der Waals surface area contributed by atoms with Gasteiger partial charge in [-0.3, -0.25) is 9.59 Å². The van der Waals surface area contributed by atoms with E-state index in [0.29, 0.717) is 18.9 Å². The average molecular weight is 275 g/mol. The first-order valence-electron chi connectivity index (χ1n) is 7.05. The van der Waals surface area contributed by atoms with Crippen molar-refractivity contribution in [2.45, 2.75) is 33.1 Å². The van der Waals surface area contributed by atoms with Crippen LogP contribution in [0.1, 0.15) is 40.7 Å². The molecule has 0 radical (unpaired) electrons. The van der Waals surface area contributed by atoms with E-state index in [1.165, 1.54) is 0 Å². The van der Waals surface area contributed by atoms with Crippen molar-refractivity contribution in [3.63, 3.8) is 0 Å². The fourth-order valence-electron chi connectivity index (χ4n) is 2.86. The predicted octanol–water partition coefficient (Wildman–Crippen LogP) is 2.63. The van der Waals surface area contributed by atoms with Crippen LogP contribution in [0.25, 0.3) is 0 Å². The molecule has 0 bridgehead atoms. The van der Waals surface area contributed by atoms with Gasteiger partial charge in [0.2, 0.25) is 0 Å². The van der Waals surface area contributed by atoms with Crippen LogP contribution in [-0.2, 0) is 4.79 Å². The summed E-state index contributed by atoms with van der Waals surface area (Å²) in [6, 6.07) is 5.89. The predicted molar refractivity (Wildman–Crippen MR) is 76.8 cm³/mol. The number of carbonyl (C=O) groups excluding carboxylic acids is 1. The highest BCUT2D eigenvalue weighted by Gasteiger charge is 2.27. The fraction of sp³-hybridized carbons (Fsp3) is 0.500. The van der Waals surface area contributed by atoms with Gasteiger partial charge in [-0.2, -0.15) is 0 Å². The van der Waals surface area contributed by atoms with Crippen molar-refractivity contribution < 1.29 is 14.7 Å². The molecule has 1 aliphatic heterocycles. The van der Waals surface area contributed by atoms with Gasteiger partial charge >= 0.3 is 5.97 Å². The number of rotatable bonds is 4. The Balaban J connectivity index is 1.98. The van der Waals surface area contributed by atoms with Gasteiger partial charge in [-0.25, -0.2) is 0 Å². The van der Waals surface area contributed by atoms with Gasteiger partial charge in [-0.15, -0.1) is 0 Å². The molecule has 1 aromatic carbocycles. The van der Waals surface area contributed by atoms with Crippen LogP contribution in [0, 0.1) is 19.8 Å². The molecule has 1 fully saturated rings. The molecule has 1 heterocycles. The second kappa shape index (κ2) is 6.07.